The maximum absolute atomic E-state index is 5.96. The van der Waals surface area contributed by atoms with Crippen molar-refractivity contribution in [2.75, 3.05) is 0 Å². The second-order valence-electron chi connectivity index (χ2n) is 6.72. The van der Waals surface area contributed by atoms with Gasteiger partial charge >= 0.3 is 0 Å². The highest BCUT2D eigenvalue weighted by Gasteiger charge is 2.14. The van der Waals surface area contributed by atoms with E-state index in [1.54, 1.807) is 21.9 Å². The number of aryl methyl sites for hydroxylation is 2. The van der Waals surface area contributed by atoms with E-state index >= 15 is 0 Å². The minimum atomic E-state index is 0.305. The van der Waals surface area contributed by atoms with E-state index in [4.69, 9.17) is 9.72 Å². The zero-order chi connectivity index (χ0) is 20.1. The highest BCUT2D eigenvalue weighted by Crippen LogP contribution is 2.17. The summed E-state index contributed by atoms with van der Waals surface area (Å²) in [6, 6.07) is 7.55. The summed E-state index contributed by atoms with van der Waals surface area (Å²) in [4.78, 5) is 4.70. The van der Waals surface area contributed by atoms with Gasteiger partial charge in [-0.25, -0.2) is 14.3 Å². The molecule has 4 rings (SSSR count). The second-order valence-corrected chi connectivity index (χ2v) is 6.72. The molecule has 10 heteroatoms. The van der Waals surface area contributed by atoms with Crippen molar-refractivity contribution in [3.05, 3.63) is 54.6 Å². The summed E-state index contributed by atoms with van der Waals surface area (Å²) in [7, 11) is 1.88. The van der Waals surface area contributed by atoms with Crippen LogP contribution in [0.2, 0.25) is 0 Å². The summed E-state index contributed by atoms with van der Waals surface area (Å²) in [5.41, 5.74) is 1.73. The van der Waals surface area contributed by atoms with Gasteiger partial charge < -0.3 is 4.74 Å². The first-order valence-electron chi connectivity index (χ1n) is 9.63. The normalized spacial score (nSPS) is 11.1. The van der Waals surface area contributed by atoms with E-state index in [9.17, 15) is 0 Å². The molecule has 3 aromatic heterocycles. The number of unbranched alkanes of at least 4 members (excludes halogenated alkanes) is 2. The summed E-state index contributed by atoms with van der Waals surface area (Å²) in [5, 5.41) is 20.1. The van der Waals surface area contributed by atoms with Crippen molar-refractivity contribution in [3.63, 3.8) is 0 Å². The van der Waals surface area contributed by atoms with E-state index in [-0.39, 0.29) is 0 Å². The van der Waals surface area contributed by atoms with Gasteiger partial charge in [-0.15, -0.1) is 5.10 Å². The van der Waals surface area contributed by atoms with Crippen LogP contribution in [0.1, 0.15) is 37.8 Å². The van der Waals surface area contributed by atoms with Crippen molar-refractivity contribution >= 4 is 0 Å². The molecule has 0 saturated carbocycles. The second kappa shape index (κ2) is 8.63. The Bertz CT molecular complexity index is 1030. The van der Waals surface area contributed by atoms with Gasteiger partial charge in [0.25, 0.3) is 0 Å². The Labute approximate surface area is 168 Å². The van der Waals surface area contributed by atoms with Gasteiger partial charge in [0.15, 0.2) is 11.6 Å². The van der Waals surface area contributed by atoms with E-state index in [1.807, 2.05) is 42.2 Å². The third-order valence-electron chi connectivity index (χ3n) is 4.48. The van der Waals surface area contributed by atoms with Crippen LogP contribution in [-0.4, -0.2) is 44.8 Å². The summed E-state index contributed by atoms with van der Waals surface area (Å²) in [6.07, 6.45) is 9.50. The Morgan fingerprint density at radius 1 is 1.07 bits per heavy atom. The van der Waals surface area contributed by atoms with Crippen molar-refractivity contribution in [1.29, 1.82) is 0 Å². The van der Waals surface area contributed by atoms with Gasteiger partial charge in [0.05, 0.1) is 18.1 Å². The van der Waals surface area contributed by atoms with Gasteiger partial charge in [0.1, 0.15) is 24.4 Å². The Kier molecular flexibility index (Phi) is 5.59. The van der Waals surface area contributed by atoms with E-state index in [1.165, 1.54) is 12.8 Å². The Morgan fingerprint density at radius 3 is 2.62 bits per heavy atom. The van der Waals surface area contributed by atoms with Gasteiger partial charge in [-0.1, -0.05) is 19.8 Å². The van der Waals surface area contributed by atoms with Gasteiger partial charge in [0.2, 0.25) is 0 Å². The first-order chi connectivity index (χ1) is 14.2. The summed E-state index contributed by atoms with van der Waals surface area (Å²) in [6.45, 7) is 2.49. The van der Waals surface area contributed by atoms with E-state index in [0.29, 0.717) is 6.61 Å². The predicted molar refractivity (Wildman–Crippen MR) is 105 cm³/mol. The van der Waals surface area contributed by atoms with E-state index in [2.05, 4.69) is 32.6 Å². The van der Waals surface area contributed by atoms with Crippen LogP contribution in [-0.2, 0) is 20.1 Å². The Morgan fingerprint density at radius 2 is 1.93 bits per heavy atom. The number of tetrazole rings is 1. The maximum Gasteiger partial charge on any atom is 0.170 e. The number of nitrogens with zero attached hydrogens (tertiary/aromatic N) is 9. The average molecular weight is 393 g/mol. The molecule has 0 bridgehead atoms. The third-order valence-corrected chi connectivity index (χ3v) is 4.48. The fourth-order valence-electron chi connectivity index (χ4n) is 2.97. The smallest absolute Gasteiger partial charge is 0.170 e. The maximum atomic E-state index is 5.96. The third kappa shape index (κ3) is 4.48. The minimum Gasteiger partial charge on any atom is -0.486 e. The predicted octanol–water partition coefficient (Wildman–Crippen LogP) is 2.29. The highest BCUT2D eigenvalue weighted by atomic mass is 16.5. The van der Waals surface area contributed by atoms with Crippen LogP contribution in [0.4, 0.5) is 0 Å². The molecule has 0 N–H and O–H groups in total. The van der Waals surface area contributed by atoms with Gasteiger partial charge in [-0.05, 0) is 41.1 Å². The molecular weight excluding hydrogens is 370 g/mol. The highest BCUT2D eigenvalue weighted by molar-refractivity contribution is 5.36. The van der Waals surface area contributed by atoms with Crippen LogP contribution in [0, 0.1) is 0 Å². The zero-order valence-corrected chi connectivity index (χ0v) is 16.5. The SMILES string of the molecule is CCCCCc1nc(COc2ccc(-n3cnnn3)cc2)n(-c2cnn(C)c2)n1. The molecule has 10 nitrogen and oxygen atoms in total. The Balaban J connectivity index is 1.49. The van der Waals surface area contributed by atoms with Crippen LogP contribution in [0.15, 0.2) is 43.0 Å². The number of aromatic nitrogens is 9. The van der Waals surface area contributed by atoms with E-state index in [0.717, 1.165) is 41.6 Å². The molecule has 0 spiro atoms. The topological polar surface area (TPSA) is 101 Å². The van der Waals surface area contributed by atoms with Crippen molar-refractivity contribution in [2.24, 2.45) is 7.05 Å². The molecule has 0 aliphatic rings. The van der Waals surface area contributed by atoms with Crippen molar-refractivity contribution in [3.8, 4) is 17.1 Å². The van der Waals surface area contributed by atoms with E-state index < -0.39 is 0 Å². The van der Waals surface area contributed by atoms with Crippen LogP contribution < -0.4 is 4.74 Å². The Hall–Kier alpha value is -3.56. The van der Waals surface area contributed by atoms with Crippen molar-refractivity contribution in [2.45, 2.75) is 39.2 Å². The van der Waals surface area contributed by atoms with Crippen LogP contribution in [0.25, 0.3) is 11.4 Å². The molecule has 150 valence electrons. The van der Waals surface area contributed by atoms with Gasteiger partial charge in [0, 0.05) is 13.5 Å². The fraction of sp³-hybridized carbons (Fsp3) is 0.368. The molecule has 0 radical (unpaired) electrons. The van der Waals surface area contributed by atoms with Gasteiger partial charge in [-0.2, -0.15) is 10.2 Å². The zero-order valence-electron chi connectivity index (χ0n) is 16.5. The monoisotopic (exact) mass is 393 g/mol. The molecule has 0 atom stereocenters. The molecule has 0 saturated heterocycles. The molecule has 0 fully saturated rings. The molecule has 4 aromatic rings. The molecular formula is C19H23N9O. The number of rotatable bonds is 9. The van der Waals surface area contributed by atoms with Crippen LogP contribution in [0.5, 0.6) is 5.75 Å². The number of hydrogen-bond acceptors (Lipinski definition) is 7. The minimum absolute atomic E-state index is 0.305. The molecule has 3 heterocycles. The number of ether oxygens (including phenoxy) is 1. The standard InChI is InChI=1S/C19H23N9O/c1-3-4-5-6-18-22-19(28(23-18)16-11-21-26(2)12-16)13-29-17-9-7-15(8-10-17)27-14-20-24-25-27/h7-12,14H,3-6,13H2,1-2H3. The van der Waals surface area contributed by atoms with Crippen LogP contribution >= 0.6 is 0 Å². The van der Waals surface area contributed by atoms with Crippen LogP contribution in [0.3, 0.4) is 0 Å². The number of hydrogen-bond donors (Lipinski definition) is 0. The summed E-state index contributed by atoms with van der Waals surface area (Å²) in [5.74, 6) is 2.30. The molecule has 0 unspecified atom stereocenters. The summed E-state index contributed by atoms with van der Waals surface area (Å²) < 4.78 is 11.1. The molecule has 29 heavy (non-hydrogen) atoms. The van der Waals surface area contributed by atoms with Gasteiger partial charge in [-0.3, -0.25) is 4.68 Å². The molecule has 0 aliphatic heterocycles. The summed E-state index contributed by atoms with van der Waals surface area (Å²) >= 11 is 0. The first kappa shape index (κ1) is 18.8. The lowest BCUT2D eigenvalue weighted by Crippen LogP contribution is -2.06. The van der Waals surface area contributed by atoms with Crippen molar-refractivity contribution < 1.29 is 4.74 Å². The molecule has 0 aliphatic carbocycles. The quantitative estimate of drug-likeness (QED) is 0.402. The molecule has 0 amide bonds. The van der Waals surface area contributed by atoms with Crippen molar-refractivity contribution in [1.82, 2.24) is 44.8 Å². The lowest BCUT2D eigenvalue weighted by molar-refractivity contribution is 0.292. The lowest BCUT2D eigenvalue weighted by atomic mass is 10.2. The largest absolute Gasteiger partial charge is 0.486 e. The fourth-order valence-corrected chi connectivity index (χ4v) is 2.97. The average Bonchev–Trinajstić information content (AvgIpc) is 3.48. The molecule has 1 aromatic carbocycles. The lowest BCUT2D eigenvalue weighted by Gasteiger charge is -2.07. The first-order valence-corrected chi connectivity index (χ1v) is 9.63. The number of benzene rings is 1.